The molecule has 118 valence electrons. The highest BCUT2D eigenvalue weighted by molar-refractivity contribution is 5.81. The molecule has 6 heteroatoms. The molecule has 1 aromatic heterocycles. The molecule has 0 aliphatic carbocycles. The summed E-state index contributed by atoms with van der Waals surface area (Å²) in [6.45, 7) is 0.546. The number of nitrogens with zero attached hydrogens (tertiary/aromatic N) is 1. The van der Waals surface area contributed by atoms with Gasteiger partial charge in [-0.15, -0.1) is 0 Å². The van der Waals surface area contributed by atoms with Gasteiger partial charge in [0.1, 0.15) is 11.5 Å². The Bertz CT molecular complexity index is 890. The van der Waals surface area contributed by atoms with Crippen LogP contribution in [0, 0.1) is 0 Å². The molecule has 23 heavy (non-hydrogen) atoms. The van der Waals surface area contributed by atoms with Crippen LogP contribution in [0.15, 0.2) is 47.5 Å². The molecular weight excluding hydrogens is 294 g/mol. The van der Waals surface area contributed by atoms with Gasteiger partial charge in [0.2, 0.25) is 0 Å². The molecule has 0 amide bonds. The van der Waals surface area contributed by atoms with Crippen molar-refractivity contribution in [3.63, 3.8) is 0 Å². The molecule has 2 N–H and O–H groups in total. The normalized spacial score (nSPS) is 10.5. The molecule has 2 aromatic carbocycles. The van der Waals surface area contributed by atoms with Gasteiger partial charge in [-0.25, -0.2) is 4.98 Å². The first-order valence-electron chi connectivity index (χ1n) is 7.13. The van der Waals surface area contributed by atoms with Crippen LogP contribution in [0.2, 0.25) is 0 Å². The molecular formula is C17H17N3O3. The van der Waals surface area contributed by atoms with E-state index in [1.54, 1.807) is 20.3 Å². The molecule has 0 saturated heterocycles. The number of fused-ring (bicyclic) bond motifs is 1. The minimum atomic E-state index is -0.155. The van der Waals surface area contributed by atoms with E-state index in [0.29, 0.717) is 17.4 Å². The van der Waals surface area contributed by atoms with Crippen LogP contribution < -0.4 is 20.3 Å². The van der Waals surface area contributed by atoms with Gasteiger partial charge in [-0.3, -0.25) is 4.79 Å². The molecule has 0 unspecified atom stereocenters. The van der Waals surface area contributed by atoms with Crippen molar-refractivity contribution in [2.75, 3.05) is 19.5 Å². The number of methoxy groups -OCH3 is 2. The summed E-state index contributed by atoms with van der Waals surface area (Å²) in [5.74, 6) is 1.54. The summed E-state index contributed by atoms with van der Waals surface area (Å²) in [7, 11) is 3.26. The van der Waals surface area contributed by atoms with Gasteiger partial charge in [0.25, 0.3) is 5.56 Å². The van der Waals surface area contributed by atoms with E-state index in [1.807, 2.05) is 30.3 Å². The molecule has 6 nitrogen and oxygen atoms in total. The quantitative estimate of drug-likeness (QED) is 0.757. The van der Waals surface area contributed by atoms with Gasteiger partial charge in [-0.2, -0.15) is 0 Å². The fourth-order valence-electron chi connectivity index (χ4n) is 2.40. The first-order chi connectivity index (χ1) is 11.2. The van der Waals surface area contributed by atoms with E-state index in [1.165, 1.54) is 6.33 Å². The maximum absolute atomic E-state index is 11.8. The molecule has 0 bridgehead atoms. The van der Waals surface area contributed by atoms with Crippen LogP contribution in [0.25, 0.3) is 10.9 Å². The molecule has 0 aliphatic heterocycles. The third-order valence-corrected chi connectivity index (χ3v) is 3.61. The first kappa shape index (κ1) is 14.9. The lowest BCUT2D eigenvalue weighted by Gasteiger charge is -2.12. The first-order valence-corrected chi connectivity index (χ1v) is 7.13. The van der Waals surface area contributed by atoms with Gasteiger partial charge in [0.15, 0.2) is 0 Å². The van der Waals surface area contributed by atoms with Crippen molar-refractivity contribution in [2.45, 2.75) is 6.54 Å². The Morgan fingerprint density at radius 2 is 2.00 bits per heavy atom. The zero-order chi connectivity index (χ0) is 16.2. The number of rotatable bonds is 5. The fraction of sp³-hybridized carbons (Fsp3) is 0.176. The Labute approximate surface area is 133 Å². The lowest BCUT2D eigenvalue weighted by atomic mass is 10.1. The zero-order valence-corrected chi connectivity index (χ0v) is 12.9. The molecule has 0 spiro atoms. The number of anilines is 1. The summed E-state index contributed by atoms with van der Waals surface area (Å²) < 4.78 is 10.6. The van der Waals surface area contributed by atoms with Gasteiger partial charge in [0.05, 0.1) is 31.4 Å². The highest BCUT2D eigenvalue weighted by atomic mass is 16.5. The number of hydrogen-bond donors (Lipinski definition) is 2. The highest BCUT2D eigenvalue weighted by Crippen LogP contribution is 2.25. The van der Waals surface area contributed by atoms with Crippen molar-refractivity contribution in [1.29, 1.82) is 0 Å². The maximum atomic E-state index is 11.8. The van der Waals surface area contributed by atoms with E-state index in [9.17, 15) is 4.79 Å². The van der Waals surface area contributed by atoms with Crippen molar-refractivity contribution < 1.29 is 9.47 Å². The average Bonchev–Trinajstić information content (AvgIpc) is 2.60. The minimum Gasteiger partial charge on any atom is -0.497 e. The summed E-state index contributed by atoms with van der Waals surface area (Å²) >= 11 is 0. The number of H-pyrrole nitrogens is 1. The van der Waals surface area contributed by atoms with Crippen molar-refractivity contribution in [3.8, 4) is 11.5 Å². The molecule has 0 aliphatic rings. The van der Waals surface area contributed by atoms with E-state index in [4.69, 9.17) is 9.47 Å². The molecule has 0 fully saturated rings. The predicted molar refractivity (Wildman–Crippen MR) is 89.2 cm³/mol. The van der Waals surface area contributed by atoms with E-state index < -0.39 is 0 Å². The standard InChI is InChI=1S/C17H17N3O3/c1-22-13-4-6-16(23-2)11(7-13)9-18-12-3-5-15-14(8-12)17(21)20-10-19-15/h3-8,10,18H,9H2,1-2H3,(H,19,20,21). The van der Waals surface area contributed by atoms with Crippen molar-refractivity contribution in [2.24, 2.45) is 0 Å². The minimum absolute atomic E-state index is 0.155. The van der Waals surface area contributed by atoms with Crippen LogP contribution in [0.1, 0.15) is 5.56 Å². The Balaban J connectivity index is 1.86. The van der Waals surface area contributed by atoms with E-state index >= 15 is 0 Å². The number of nitrogens with one attached hydrogen (secondary N) is 2. The topological polar surface area (TPSA) is 76.2 Å². The molecule has 0 atom stereocenters. The molecule has 3 rings (SSSR count). The smallest absolute Gasteiger partial charge is 0.258 e. The Kier molecular flexibility index (Phi) is 4.14. The number of aromatic nitrogens is 2. The van der Waals surface area contributed by atoms with Crippen LogP contribution >= 0.6 is 0 Å². The van der Waals surface area contributed by atoms with Gasteiger partial charge in [-0.05, 0) is 36.4 Å². The third kappa shape index (κ3) is 3.11. The van der Waals surface area contributed by atoms with Crippen LogP contribution in [0.5, 0.6) is 11.5 Å². The van der Waals surface area contributed by atoms with Crippen molar-refractivity contribution >= 4 is 16.6 Å². The molecule has 1 heterocycles. The van der Waals surface area contributed by atoms with E-state index in [-0.39, 0.29) is 5.56 Å². The van der Waals surface area contributed by atoms with Gasteiger partial charge in [-0.1, -0.05) is 0 Å². The lowest BCUT2D eigenvalue weighted by Crippen LogP contribution is -2.07. The molecule has 3 aromatic rings. The number of benzene rings is 2. The Hall–Kier alpha value is -3.02. The Morgan fingerprint density at radius 1 is 1.13 bits per heavy atom. The monoisotopic (exact) mass is 311 g/mol. The maximum Gasteiger partial charge on any atom is 0.258 e. The van der Waals surface area contributed by atoms with Gasteiger partial charge >= 0.3 is 0 Å². The van der Waals surface area contributed by atoms with E-state index in [2.05, 4.69) is 15.3 Å². The zero-order valence-electron chi connectivity index (χ0n) is 12.9. The van der Waals surface area contributed by atoms with Gasteiger partial charge in [0, 0.05) is 17.8 Å². The Morgan fingerprint density at radius 3 is 2.78 bits per heavy atom. The summed E-state index contributed by atoms with van der Waals surface area (Å²) in [5, 5.41) is 3.84. The van der Waals surface area contributed by atoms with Crippen LogP contribution in [0.3, 0.4) is 0 Å². The molecule has 0 saturated carbocycles. The van der Waals surface area contributed by atoms with Crippen molar-refractivity contribution in [3.05, 3.63) is 58.6 Å². The van der Waals surface area contributed by atoms with Crippen LogP contribution in [0.4, 0.5) is 5.69 Å². The fourth-order valence-corrected chi connectivity index (χ4v) is 2.40. The number of aromatic amines is 1. The second-order valence-corrected chi connectivity index (χ2v) is 4.99. The second kappa shape index (κ2) is 6.39. The van der Waals surface area contributed by atoms with Crippen molar-refractivity contribution in [1.82, 2.24) is 9.97 Å². The SMILES string of the molecule is COc1ccc(OC)c(CNc2ccc3nc[nH]c(=O)c3c2)c1. The number of ether oxygens (including phenoxy) is 2. The summed E-state index contributed by atoms with van der Waals surface area (Å²) in [5.41, 5.74) is 2.31. The summed E-state index contributed by atoms with van der Waals surface area (Å²) in [6.07, 6.45) is 1.40. The summed E-state index contributed by atoms with van der Waals surface area (Å²) in [4.78, 5) is 18.5. The number of hydrogen-bond acceptors (Lipinski definition) is 5. The van der Waals surface area contributed by atoms with Crippen LogP contribution in [-0.2, 0) is 6.54 Å². The van der Waals surface area contributed by atoms with Gasteiger partial charge < -0.3 is 19.8 Å². The second-order valence-electron chi connectivity index (χ2n) is 4.99. The largest absolute Gasteiger partial charge is 0.497 e. The summed E-state index contributed by atoms with van der Waals surface area (Å²) in [6, 6.07) is 11.1. The lowest BCUT2D eigenvalue weighted by molar-refractivity contribution is 0.399. The average molecular weight is 311 g/mol. The van der Waals surface area contributed by atoms with Crippen LogP contribution in [-0.4, -0.2) is 24.2 Å². The molecule has 0 radical (unpaired) electrons. The van der Waals surface area contributed by atoms with E-state index in [0.717, 1.165) is 22.7 Å². The third-order valence-electron chi connectivity index (χ3n) is 3.61. The highest BCUT2D eigenvalue weighted by Gasteiger charge is 2.06. The predicted octanol–water partition coefficient (Wildman–Crippen LogP) is 2.55.